The van der Waals surface area contributed by atoms with E-state index in [1.165, 1.54) is 0 Å². The summed E-state index contributed by atoms with van der Waals surface area (Å²) in [6.45, 7) is 3.36. The number of nitrogens with one attached hydrogen (secondary N) is 1. The molecule has 2 aromatic rings. The van der Waals surface area contributed by atoms with E-state index in [2.05, 4.69) is 5.32 Å². The third kappa shape index (κ3) is 6.02. The second kappa shape index (κ2) is 9.57. The fourth-order valence-corrected chi connectivity index (χ4v) is 2.91. The predicted octanol–water partition coefficient (Wildman–Crippen LogP) is 4.54. The number of hydrogen-bond donors (Lipinski definition) is 2. The van der Waals surface area contributed by atoms with E-state index < -0.39 is 5.97 Å². The summed E-state index contributed by atoms with van der Waals surface area (Å²) in [4.78, 5) is 25.4. The minimum Gasteiger partial charge on any atom is -0.478 e. The number of benzene rings is 2. The van der Waals surface area contributed by atoms with Crippen LogP contribution in [0.4, 0.5) is 5.69 Å². The van der Waals surface area contributed by atoms with Crippen molar-refractivity contribution in [2.45, 2.75) is 19.9 Å². The molecule has 0 saturated carbocycles. The second-order valence-electron chi connectivity index (χ2n) is 5.89. The molecule has 0 spiro atoms. The SMILES string of the molecule is CCCN(CC(=O)Nc1cc(Cl)ccc1Cl)Cc1cccc(C(=O)O)c1. The molecule has 2 N–H and O–H groups in total. The van der Waals surface area contributed by atoms with Gasteiger partial charge in [-0.2, -0.15) is 0 Å². The van der Waals surface area contributed by atoms with E-state index in [4.69, 9.17) is 28.3 Å². The molecule has 0 heterocycles. The van der Waals surface area contributed by atoms with Gasteiger partial charge >= 0.3 is 5.97 Å². The fraction of sp³-hybridized carbons (Fsp3) is 0.263. The molecule has 2 aromatic carbocycles. The summed E-state index contributed by atoms with van der Waals surface area (Å²) in [5.74, 6) is -1.18. The number of amides is 1. The Labute approximate surface area is 162 Å². The summed E-state index contributed by atoms with van der Waals surface area (Å²) in [7, 11) is 0. The quantitative estimate of drug-likeness (QED) is 0.689. The Hall–Kier alpha value is -2.08. The first kappa shape index (κ1) is 20.2. The van der Waals surface area contributed by atoms with Gasteiger partial charge in [0.15, 0.2) is 0 Å². The van der Waals surface area contributed by atoms with E-state index in [9.17, 15) is 9.59 Å². The Bertz CT molecular complexity index is 796. The topological polar surface area (TPSA) is 69.6 Å². The molecule has 5 nitrogen and oxygen atoms in total. The summed E-state index contributed by atoms with van der Waals surface area (Å²) in [5, 5.41) is 12.8. The lowest BCUT2D eigenvalue weighted by molar-refractivity contribution is -0.117. The fourth-order valence-electron chi connectivity index (χ4n) is 2.58. The number of rotatable bonds is 8. The molecule has 0 bridgehead atoms. The minimum absolute atomic E-state index is 0.161. The number of carbonyl (C=O) groups is 2. The van der Waals surface area contributed by atoms with Crippen LogP contribution >= 0.6 is 23.2 Å². The first-order valence-electron chi connectivity index (χ1n) is 8.18. The Morgan fingerprint density at radius 3 is 2.62 bits per heavy atom. The molecule has 26 heavy (non-hydrogen) atoms. The van der Waals surface area contributed by atoms with Crippen LogP contribution in [0.25, 0.3) is 0 Å². The zero-order chi connectivity index (χ0) is 19.1. The van der Waals surface area contributed by atoms with Crippen LogP contribution in [-0.4, -0.2) is 35.0 Å². The van der Waals surface area contributed by atoms with Crippen LogP contribution in [-0.2, 0) is 11.3 Å². The van der Waals surface area contributed by atoms with Gasteiger partial charge in [0.25, 0.3) is 0 Å². The second-order valence-corrected chi connectivity index (χ2v) is 6.73. The highest BCUT2D eigenvalue weighted by Gasteiger charge is 2.13. The lowest BCUT2D eigenvalue weighted by atomic mass is 10.1. The summed E-state index contributed by atoms with van der Waals surface area (Å²) >= 11 is 12.0. The van der Waals surface area contributed by atoms with Gasteiger partial charge in [-0.1, -0.05) is 42.3 Å². The van der Waals surface area contributed by atoms with Crippen LogP contribution in [0, 0.1) is 0 Å². The van der Waals surface area contributed by atoms with Crippen LogP contribution < -0.4 is 5.32 Å². The lowest BCUT2D eigenvalue weighted by Gasteiger charge is -2.21. The van der Waals surface area contributed by atoms with Gasteiger partial charge in [0.1, 0.15) is 0 Å². The number of anilines is 1. The molecule has 0 aliphatic rings. The van der Waals surface area contributed by atoms with Crippen molar-refractivity contribution in [3.63, 3.8) is 0 Å². The van der Waals surface area contributed by atoms with Crippen molar-refractivity contribution in [2.24, 2.45) is 0 Å². The third-order valence-electron chi connectivity index (χ3n) is 3.69. The van der Waals surface area contributed by atoms with Crippen LogP contribution in [0.3, 0.4) is 0 Å². The molecule has 7 heteroatoms. The van der Waals surface area contributed by atoms with Crippen molar-refractivity contribution in [1.82, 2.24) is 4.90 Å². The zero-order valence-corrected chi connectivity index (χ0v) is 15.8. The third-order valence-corrected chi connectivity index (χ3v) is 4.25. The number of carboxylic acids is 1. The number of aromatic carboxylic acids is 1. The molecule has 0 unspecified atom stereocenters. The highest BCUT2D eigenvalue weighted by Crippen LogP contribution is 2.25. The molecular formula is C19H20Cl2N2O3. The van der Waals surface area contributed by atoms with Gasteiger partial charge in [-0.05, 0) is 48.9 Å². The van der Waals surface area contributed by atoms with Gasteiger partial charge in [0, 0.05) is 11.6 Å². The zero-order valence-electron chi connectivity index (χ0n) is 14.3. The maximum atomic E-state index is 12.4. The molecule has 0 fully saturated rings. The Kier molecular flexibility index (Phi) is 7.45. The number of nitrogens with zero attached hydrogens (tertiary/aromatic N) is 1. The lowest BCUT2D eigenvalue weighted by Crippen LogP contribution is -2.33. The largest absolute Gasteiger partial charge is 0.478 e. The van der Waals surface area contributed by atoms with Crippen LogP contribution in [0.2, 0.25) is 10.0 Å². The van der Waals surface area contributed by atoms with Gasteiger partial charge < -0.3 is 10.4 Å². The van der Waals surface area contributed by atoms with Crippen LogP contribution in [0.1, 0.15) is 29.3 Å². The van der Waals surface area contributed by atoms with Crippen molar-refractivity contribution >= 4 is 40.8 Å². The molecule has 138 valence electrons. The van der Waals surface area contributed by atoms with Crippen molar-refractivity contribution in [2.75, 3.05) is 18.4 Å². The van der Waals surface area contributed by atoms with Crippen molar-refractivity contribution < 1.29 is 14.7 Å². The summed E-state index contributed by atoms with van der Waals surface area (Å²) < 4.78 is 0. The summed E-state index contributed by atoms with van der Waals surface area (Å²) in [6.07, 6.45) is 0.865. The predicted molar refractivity (Wildman–Crippen MR) is 104 cm³/mol. The highest BCUT2D eigenvalue weighted by molar-refractivity contribution is 6.35. The van der Waals surface area contributed by atoms with E-state index in [-0.39, 0.29) is 18.0 Å². The number of halogens is 2. The van der Waals surface area contributed by atoms with Crippen LogP contribution in [0.15, 0.2) is 42.5 Å². The maximum absolute atomic E-state index is 12.4. The average molecular weight is 395 g/mol. The van der Waals surface area contributed by atoms with Crippen molar-refractivity contribution in [1.29, 1.82) is 0 Å². The first-order valence-corrected chi connectivity index (χ1v) is 8.94. The van der Waals surface area contributed by atoms with Gasteiger partial charge in [0.2, 0.25) is 5.91 Å². The normalized spacial score (nSPS) is 10.8. The standard InChI is InChI=1S/C19H20Cl2N2O3/c1-2-8-23(11-13-4-3-5-14(9-13)19(25)26)12-18(24)22-17-10-15(20)6-7-16(17)21/h3-7,9-10H,2,8,11-12H2,1H3,(H,22,24)(H,25,26). The smallest absolute Gasteiger partial charge is 0.335 e. The van der Waals surface area contributed by atoms with Crippen LogP contribution in [0.5, 0.6) is 0 Å². The molecular weight excluding hydrogens is 375 g/mol. The Balaban J connectivity index is 2.05. The molecule has 0 aromatic heterocycles. The molecule has 0 aliphatic carbocycles. The molecule has 0 atom stereocenters. The van der Waals surface area contributed by atoms with Crippen molar-refractivity contribution in [3.8, 4) is 0 Å². The van der Waals surface area contributed by atoms with E-state index in [1.54, 1.807) is 36.4 Å². The molecule has 1 amide bonds. The van der Waals surface area contributed by atoms with E-state index in [0.29, 0.717) is 28.8 Å². The molecule has 0 radical (unpaired) electrons. The molecule has 0 saturated heterocycles. The summed E-state index contributed by atoms with van der Waals surface area (Å²) in [5.41, 5.74) is 1.54. The van der Waals surface area contributed by atoms with Gasteiger partial charge in [0.05, 0.1) is 22.8 Å². The molecule has 2 rings (SSSR count). The van der Waals surface area contributed by atoms with E-state index in [0.717, 1.165) is 12.0 Å². The van der Waals surface area contributed by atoms with Gasteiger partial charge in [-0.25, -0.2) is 4.79 Å². The van der Waals surface area contributed by atoms with Gasteiger partial charge in [-0.3, -0.25) is 9.69 Å². The summed E-state index contributed by atoms with van der Waals surface area (Å²) in [6, 6.07) is 11.6. The maximum Gasteiger partial charge on any atom is 0.335 e. The number of carbonyl (C=O) groups excluding carboxylic acids is 1. The Morgan fingerprint density at radius 2 is 1.92 bits per heavy atom. The van der Waals surface area contributed by atoms with E-state index >= 15 is 0 Å². The first-order chi connectivity index (χ1) is 12.4. The highest BCUT2D eigenvalue weighted by atomic mass is 35.5. The number of carboxylic acid groups (broad SMARTS) is 1. The van der Waals surface area contributed by atoms with E-state index in [1.807, 2.05) is 17.9 Å². The Morgan fingerprint density at radius 1 is 1.15 bits per heavy atom. The minimum atomic E-state index is -0.970. The molecule has 0 aliphatic heterocycles. The van der Waals surface area contributed by atoms with Gasteiger partial charge in [-0.15, -0.1) is 0 Å². The number of hydrogen-bond acceptors (Lipinski definition) is 3. The van der Waals surface area contributed by atoms with Crippen molar-refractivity contribution in [3.05, 3.63) is 63.6 Å². The average Bonchev–Trinajstić information content (AvgIpc) is 2.58. The monoisotopic (exact) mass is 394 g/mol.